The molecule has 2 aromatic carbocycles. The number of nitrogens with zero attached hydrogens (tertiary/aromatic N) is 2. The lowest BCUT2D eigenvalue weighted by Crippen LogP contribution is -2.16. The first-order valence-corrected chi connectivity index (χ1v) is 10.2. The second-order valence-electron chi connectivity index (χ2n) is 7.79. The minimum absolute atomic E-state index is 0.0356. The van der Waals surface area contributed by atoms with Crippen molar-refractivity contribution in [1.82, 2.24) is 9.78 Å². The van der Waals surface area contributed by atoms with E-state index in [0.717, 1.165) is 35.2 Å². The molecule has 1 fully saturated rings. The van der Waals surface area contributed by atoms with Crippen molar-refractivity contribution in [3.05, 3.63) is 65.5 Å². The zero-order valence-corrected chi connectivity index (χ0v) is 17.9. The van der Waals surface area contributed by atoms with Crippen LogP contribution in [0.25, 0.3) is 5.69 Å². The van der Waals surface area contributed by atoms with Gasteiger partial charge in [-0.25, -0.2) is 4.68 Å². The van der Waals surface area contributed by atoms with E-state index in [-0.39, 0.29) is 29.0 Å². The first-order chi connectivity index (χ1) is 15.7. The predicted octanol–water partition coefficient (Wildman–Crippen LogP) is 4.81. The third-order valence-corrected chi connectivity index (χ3v) is 5.26. The van der Waals surface area contributed by atoms with Gasteiger partial charge < -0.3 is 15.4 Å². The van der Waals surface area contributed by atoms with Gasteiger partial charge in [-0.2, -0.15) is 18.3 Å². The Bertz CT molecular complexity index is 1220. The predicted molar refractivity (Wildman–Crippen MR) is 116 cm³/mol. The van der Waals surface area contributed by atoms with Crippen molar-refractivity contribution < 1.29 is 27.5 Å². The number of alkyl halides is 3. The van der Waals surface area contributed by atoms with Crippen LogP contribution in [-0.4, -0.2) is 28.7 Å². The lowest BCUT2D eigenvalue weighted by Gasteiger charge is -2.11. The molecule has 2 N–H and O–H groups in total. The summed E-state index contributed by atoms with van der Waals surface area (Å²) < 4.78 is 45.5. The number of nitrogens with one attached hydrogen (secondary N) is 2. The summed E-state index contributed by atoms with van der Waals surface area (Å²) in [4.78, 5) is 25.0. The van der Waals surface area contributed by atoms with Gasteiger partial charge in [-0.05, 0) is 55.7 Å². The van der Waals surface area contributed by atoms with E-state index in [9.17, 15) is 22.8 Å². The fraction of sp³-hybridized carbons (Fsp3) is 0.261. The summed E-state index contributed by atoms with van der Waals surface area (Å²) in [5.41, 5.74) is 0.966. The molecule has 0 aliphatic heterocycles. The van der Waals surface area contributed by atoms with E-state index < -0.39 is 17.6 Å². The number of rotatable bonds is 6. The van der Waals surface area contributed by atoms with Crippen molar-refractivity contribution in [3.63, 3.8) is 0 Å². The number of aromatic nitrogens is 2. The summed E-state index contributed by atoms with van der Waals surface area (Å²) in [6, 6.07) is 9.74. The number of carbonyl (C=O) groups excluding carboxylic acids is 2. The van der Waals surface area contributed by atoms with Gasteiger partial charge in [0.1, 0.15) is 0 Å². The summed E-state index contributed by atoms with van der Waals surface area (Å²) in [6.45, 7) is 1.79. The van der Waals surface area contributed by atoms with Gasteiger partial charge in [0.05, 0.1) is 24.6 Å². The van der Waals surface area contributed by atoms with E-state index in [1.54, 1.807) is 25.1 Å². The number of halogens is 3. The summed E-state index contributed by atoms with van der Waals surface area (Å²) >= 11 is 0. The summed E-state index contributed by atoms with van der Waals surface area (Å²) in [5.74, 6) is -0.529. The number of ether oxygens (including phenoxy) is 1. The molecule has 0 saturated heterocycles. The van der Waals surface area contributed by atoms with Crippen LogP contribution >= 0.6 is 0 Å². The molecule has 7 nitrogen and oxygen atoms in total. The Labute approximate surface area is 187 Å². The normalized spacial score (nSPS) is 13.5. The molecule has 0 radical (unpaired) electrons. The minimum Gasteiger partial charge on any atom is -0.493 e. The van der Waals surface area contributed by atoms with E-state index in [4.69, 9.17) is 4.74 Å². The Morgan fingerprint density at radius 3 is 2.55 bits per heavy atom. The highest BCUT2D eigenvalue weighted by Gasteiger charge is 2.31. The summed E-state index contributed by atoms with van der Waals surface area (Å²) in [5, 5.41) is 9.70. The van der Waals surface area contributed by atoms with E-state index in [2.05, 4.69) is 15.7 Å². The van der Waals surface area contributed by atoms with E-state index in [1.165, 1.54) is 25.4 Å². The van der Waals surface area contributed by atoms with Crippen LogP contribution in [0.1, 0.15) is 34.5 Å². The number of aryl methyl sites for hydroxylation is 1. The van der Waals surface area contributed by atoms with Crippen LogP contribution in [0.4, 0.5) is 24.5 Å². The Balaban J connectivity index is 1.58. The molecular formula is C23H21F3N4O3. The molecule has 33 heavy (non-hydrogen) atoms. The molecule has 1 heterocycles. The van der Waals surface area contributed by atoms with Gasteiger partial charge in [0.25, 0.3) is 5.91 Å². The van der Waals surface area contributed by atoms with Crippen LogP contribution in [-0.2, 0) is 11.0 Å². The molecule has 0 bridgehead atoms. The summed E-state index contributed by atoms with van der Waals surface area (Å²) in [7, 11) is 1.34. The number of hydrogen-bond donors (Lipinski definition) is 2. The van der Waals surface area contributed by atoms with Gasteiger partial charge in [-0.15, -0.1) is 0 Å². The number of hydrogen-bond acceptors (Lipinski definition) is 4. The van der Waals surface area contributed by atoms with Gasteiger partial charge >= 0.3 is 6.18 Å². The second kappa shape index (κ2) is 8.61. The molecule has 4 rings (SSSR count). The molecule has 3 aromatic rings. The first kappa shape index (κ1) is 22.4. The maximum absolute atomic E-state index is 13.1. The molecule has 1 aromatic heterocycles. The van der Waals surface area contributed by atoms with E-state index in [0.29, 0.717) is 11.4 Å². The van der Waals surface area contributed by atoms with Crippen molar-refractivity contribution in [3.8, 4) is 11.4 Å². The van der Waals surface area contributed by atoms with Gasteiger partial charge in [0, 0.05) is 17.3 Å². The molecular weight excluding hydrogens is 437 g/mol. The maximum Gasteiger partial charge on any atom is 0.416 e. The van der Waals surface area contributed by atoms with Gasteiger partial charge in [-0.3, -0.25) is 9.59 Å². The quantitative estimate of drug-likeness (QED) is 0.555. The standard InChI is InChI=1S/C23H21F3N4O3/c1-13-6-9-16(27-21(31)14-7-8-14)11-18(13)28-22(32)20-19(33-2)12-30(29-20)17-5-3-4-15(10-17)23(24,25)26/h3-6,9-12,14H,7-8H2,1-2H3,(H,27,31)(H,28,32). The zero-order chi connectivity index (χ0) is 23.8. The van der Waals surface area contributed by atoms with E-state index >= 15 is 0 Å². The Morgan fingerprint density at radius 1 is 1.12 bits per heavy atom. The largest absolute Gasteiger partial charge is 0.493 e. The summed E-state index contributed by atoms with van der Waals surface area (Å²) in [6.07, 6.45) is -1.43. The third kappa shape index (κ3) is 5.00. The number of methoxy groups -OCH3 is 1. The van der Waals surface area contributed by atoms with Crippen LogP contribution in [0.3, 0.4) is 0 Å². The van der Waals surface area contributed by atoms with E-state index in [1.807, 2.05) is 0 Å². The third-order valence-electron chi connectivity index (χ3n) is 5.26. The van der Waals surface area contributed by atoms with Crippen molar-refractivity contribution in [2.24, 2.45) is 5.92 Å². The fourth-order valence-corrected chi connectivity index (χ4v) is 3.23. The second-order valence-corrected chi connectivity index (χ2v) is 7.79. The highest BCUT2D eigenvalue weighted by molar-refractivity contribution is 6.05. The average molecular weight is 458 g/mol. The first-order valence-electron chi connectivity index (χ1n) is 10.2. The number of anilines is 2. The molecule has 172 valence electrons. The number of benzene rings is 2. The number of carbonyl (C=O) groups is 2. The van der Waals surface area contributed by atoms with Crippen LogP contribution in [0.5, 0.6) is 5.75 Å². The Hall–Kier alpha value is -3.82. The topological polar surface area (TPSA) is 85.2 Å². The molecule has 2 amide bonds. The fourth-order valence-electron chi connectivity index (χ4n) is 3.23. The molecule has 1 saturated carbocycles. The lowest BCUT2D eigenvalue weighted by atomic mass is 10.1. The molecule has 0 spiro atoms. The smallest absolute Gasteiger partial charge is 0.416 e. The molecule has 1 aliphatic carbocycles. The minimum atomic E-state index is -4.51. The Morgan fingerprint density at radius 2 is 1.88 bits per heavy atom. The van der Waals surface area contributed by atoms with Gasteiger partial charge in [-0.1, -0.05) is 12.1 Å². The molecule has 1 aliphatic rings. The monoisotopic (exact) mass is 458 g/mol. The molecule has 10 heteroatoms. The molecule has 0 atom stereocenters. The lowest BCUT2D eigenvalue weighted by molar-refractivity contribution is -0.137. The van der Waals surface area contributed by atoms with Crippen LogP contribution in [0.15, 0.2) is 48.7 Å². The average Bonchev–Trinajstić information content (AvgIpc) is 3.54. The number of amides is 2. The van der Waals surface area contributed by atoms with Crippen LogP contribution < -0.4 is 15.4 Å². The van der Waals surface area contributed by atoms with Gasteiger partial charge in [0.2, 0.25) is 5.91 Å². The van der Waals surface area contributed by atoms with Crippen LogP contribution in [0, 0.1) is 12.8 Å². The SMILES string of the molecule is COc1cn(-c2cccc(C(F)(F)F)c2)nc1C(=O)Nc1cc(NC(=O)C2CC2)ccc1C. The van der Waals surface area contributed by atoms with Crippen molar-refractivity contribution in [2.75, 3.05) is 17.7 Å². The van der Waals surface area contributed by atoms with Crippen molar-refractivity contribution in [2.45, 2.75) is 25.9 Å². The van der Waals surface area contributed by atoms with Crippen molar-refractivity contribution in [1.29, 1.82) is 0 Å². The highest BCUT2D eigenvalue weighted by atomic mass is 19.4. The molecule has 0 unspecified atom stereocenters. The Kier molecular flexibility index (Phi) is 5.84. The zero-order valence-electron chi connectivity index (χ0n) is 17.9. The van der Waals surface area contributed by atoms with Crippen molar-refractivity contribution >= 4 is 23.2 Å². The maximum atomic E-state index is 13.1. The van der Waals surface area contributed by atoms with Crippen LogP contribution in [0.2, 0.25) is 0 Å². The van der Waals surface area contributed by atoms with Gasteiger partial charge in [0.15, 0.2) is 11.4 Å². The highest BCUT2D eigenvalue weighted by Crippen LogP contribution is 2.32.